The van der Waals surface area contributed by atoms with Gasteiger partial charge in [0.1, 0.15) is 29.1 Å². The average molecular weight is 543 g/mol. The molecule has 0 bridgehead atoms. The number of amides is 2. The van der Waals surface area contributed by atoms with Gasteiger partial charge in [0, 0.05) is 49.8 Å². The van der Waals surface area contributed by atoms with E-state index in [0.29, 0.717) is 18.2 Å². The number of fused-ring (bicyclic) bond motifs is 1. The van der Waals surface area contributed by atoms with Gasteiger partial charge in [0.25, 0.3) is 0 Å². The van der Waals surface area contributed by atoms with E-state index in [9.17, 15) is 23.1 Å². The summed E-state index contributed by atoms with van der Waals surface area (Å²) in [4.78, 5) is 31.7. The van der Waals surface area contributed by atoms with Crippen molar-refractivity contribution in [1.29, 1.82) is 0 Å². The highest BCUT2D eigenvalue weighted by Gasteiger charge is 2.44. The number of aliphatic hydroxyl groups is 1. The van der Waals surface area contributed by atoms with Gasteiger partial charge in [-0.1, -0.05) is 0 Å². The topological polar surface area (TPSA) is 95.6 Å². The maximum Gasteiger partial charge on any atom is 0.416 e. The number of pyridine rings is 2. The van der Waals surface area contributed by atoms with E-state index in [4.69, 9.17) is 4.98 Å². The van der Waals surface area contributed by atoms with Crippen LogP contribution >= 0.6 is 0 Å². The largest absolute Gasteiger partial charge is 0.416 e. The lowest BCUT2D eigenvalue weighted by molar-refractivity contribution is -0.137. The molecule has 0 unspecified atom stereocenters. The molecule has 0 aromatic carbocycles. The fraction of sp³-hybridized carbons (Fsp3) is 0.385. The first-order chi connectivity index (χ1) is 18.4. The zero-order chi connectivity index (χ0) is 28.1. The van der Waals surface area contributed by atoms with E-state index in [1.807, 2.05) is 36.0 Å². The first-order valence-electron chi connectivity index (χ1n) is 12.3. The zero-order valence-corrected chi connectivity index (χ0v) is 22.0. The van der Waals surface area contributed by atoms with Crippen LogP contribution < -0.4 is 4.90 Å². The van der Waals surface area contributed by atoms with E-state index < -0.39 is 29.9 Å². The van der Waals surface area contributed by atoms with Gasteiger partial charge in [-0.25, -0.2) is 19.7 Å². The lowest BCUT2D eigenvalue weighted by Gasteiger charge is -2.24. The number of aliphatic hydroxyl groups excluding tert-OH is 1. The van der Waals surface area contributed by atoms with Crippen molar-refractivity contribution < 1.29 is 23.1 Å². The Bertz CT molecular complexity index is 1510. The zero-order valence-electron chi connectivity index (χ0n) is 22.0. The van der Waals surface area contributed by atoms with Gasteiger partial charge in [0.05, 0.1) is 18.2 Å². The fourth-order valence-corrected chi connectivity index (χ4v) is 4.95. The minimum absolute atomic E-state index is 0.00375. The SMILES string of the molecule is Cc1cc(C(F)(F)F)cc(N2C(=O)N(C[C@@H](O)CN(C)C)C[C@H]2c2nccn2-c2ccc3ccn(C)c3n2)n1. The van der Waals surface area contributed by atoms with E-state index >= 15 is 0 Å². The summed E-state index contributed by atoms with van der Waals surface area (Å²) < 4.78 is 44.7. The monoisotopic (exact) mass is 542 g/mol. The van der Waals surface area contributed by atoms with Gasteiger partial charge < -0.3 is 19.5 Å². The van der Waals surface area contributed by atoms with Crippen LogP contribution in [0.15, 0.2) is 48.9 Å². The molecular formula is C26H29F3N8O2. The number of likely N-dealkylation sites (N-methyl/N-ethyl adjacent to an activating group) is 1. The molecule has 2 amide bonds. The predicted octanol–water partition coefficient (Wildman–Crippen LogP) is 3.39. The predicted molar refractivity (Wildman–Crippen MR) is 139 cm³/mol. The van der Waals surface area contributed by atoms with Gasteiger partial charge in [-0.05, 0) is 51.4 Å². The number of hydrogen-bond donors (Lipinski definition) is 1. The van der Waals surface area contributed by atoms with Crippen molar-refractivity contribution >= 4 is 22.9 Å². The molecule has 1 saturated heterocycles. The van der Waals surface area contributed by atoms with Crippen molar-refractivity contribution in [3.8, 4) is 5.82 Å². The van der Waals surface area contributed by atoms with Crippen molar-refractivity contribution in [2.75, 3.05) is 38.6 Å². The summed E-state index contributed by atoms with van der Waals surface area (Å²) in [6.45, 7) is 1.84. The van der Waals surface area contributed by atoms with Crippen molar-refractivity contribution in [3.63, 3.8) is 0 Å². The number of alkyl halides is 3. The summed E-state index contributed by atoms with van der Waals surface area (Å²) in [6, 6.07) is 6.14. The summed E-state index contributed by atoms with van der Waals surface area (Å²) in [6.07, 6.45) is -0.324. The van der Waals surface area contributed by atoms with Gasteiger partial charge in [0.15, 0.2) is 0 Å². The standard InChI is InChI=1S/C26H29F3N8O2/c1-16-11-18(26(27,28)29)12-22(31-16)37-20(15-35(25(37)39)14-19(38)13-33(2)3)24-30-8-10-36(24)21-6-5-17-7-9-34(4)23(17)32-21/h5-12,19-20,38H,13-15H2,1-4H3/t19-,20-/m0/s1. The molecule has 4 aromatic rings. The summed E-state index contributed by atoms with van der Waals surface area (Å²) in [7, 11) is 5.48. The van der Waals surface area contributed by atoms with Crippen LogP contribution in [0.5, 0.6) is 0 Å². The Kier molecular flexibility index (Phi) is 6.81. The van der Waals surface area contributed by atoms with Crippen LogP contribution in [0.1, 0.15) is 23.1 Å². The van der Waals surface area contributed by atoms with E-state index in [0.717, 1.165) is 23.2 Å². The van der Waals surface area contributed by atoms with Gasteiger partial charge >= 0.3 is 12.2 Å². The number of aryl methyl sites for hydroxylation is 2. The quantitative estimate of drug-likeness (QED) is 0.385. The normalized spacial score (nSPS) is 17.2. The minimum atomic E-state index is -4.62. The van der Waals surface area contributed by atoms with E-state index in [-0.39, 0.29) is 24.6 Å². The van der Waals surface area contributed by atoms with Crippen molar-refractivity contribution in [3.05, 3.63) is 66.0 Å². The van der Waals surface area contributed by atoms with Gasteiger partial charge in [-0.3, -0.25) is 9.47 Å². The number of carbonyl (C=O) groups is 1. The second-order valence-electron chi connectivity index (χ2n) is 10.0. The van der Waals surface area contributed by atoms with Crippen molar-refractivity contribution in [2.24, 2.45) is 7.05 Å². The molecule has 0 radical (unpaired) electrons. The third kappa shape index (κ3) is 5.19. The molecule has 1 fully saturated rings. The molecule has 0 saturated carbocycles. The molecule has 1 aliphatic heterocycles. The van der Waals surface area contributed by atoms with Crippen LogP contribution in [0.4, 0.5) is 23.8 Å². The summed E-state index contributed by atoms with van der Waals surface area (Å²) >= 11 is 0. The molecule has 39 heavy (non-hydrogen) atoms. The number of nitrogens with zero attached hydrogens (tertiary/aromatic N) is 8. The van der Waals surface area contributed by atoms with Crippen LogP contribution in [0.25, 0.3) is 16.9 Å². The maximum atomic E-state index is 13.7. The van der Waals surface area contributed by atoms with Crippen LogP contribution in [0.2, 0.25) is 0 Å². The summed E-state index contributed by atoms with van der Waals surface area (Å²) in [5, 5.41) is 11.5. The number of anilines is 1. The first kappa shape index (κ1) is 26.6. The van der Waals surface area contributed by atoms with Crippen LogP contribution in [-0.2, 0) is 13.2 Å². The summed E-state index contributed by atoms with van der Waals surface area (Å²) in [5.74, 6) is 0.816. The highest BCUT2D eigenvalue weighted by molar-refractivity contribution is 5.94. The number of rotatable bonds is 7. The number of hydrogen-bond acceptors (Lipinski definition) is 6. The lowest BCUT2D eigenvalue weighted by atomic mass is 10.2. The molecule has 0 spiro atoms. The highest BCUT2D eigenvalue weighted by atomic mass is 19.4. The molecule has 1 aliphatic rings. The molecule has 5 heterocycles. The second-order valence-corrected chi connectivity index (χ2v) is 10.0. The Morgan fingerprint density at radius 2 is 1.90 bits per heavy atom. The molecule has 2 atom stereocenters. The number of carbonyl (C=O) groups excluding carboxylic acids is 1. The van der Waals surface area contributed by atoms with Gasteiger partial charge in [-0.2, -0.15) is 13.2 Å². The smallest absolute Gasteiger partial charge is 0.390 e. The van der Waals surface area contributed by atoms with E-state index in [2.05, 4.69) is 9.97 Å². The second kappa shape index (κ2) is 9.97. The molecule has 13 heteroatoms. The molecular weight excluding hydrogens is 513 g/mol. The Balaban J connectivity index is 1.59. The molecule has 10 nitrogen and oxygen atoms in total. The number of halogens is 3. The number of urea groups is 1. The maximum absolute atomic E-state index is 13.7. The Morgan fingerprint density at radius 1 is 1.13 bits per heavy atom. The Hall–Kier alpha value is -3.97. The average Bonchev–Trinajstić information content (AvgIpc) is 3.55. The Morgan fingerprint density at radius 3 is 2.62 bits per heavy atom. The highest BCUT2D eigenvalue weighted by Crippen LogP contribution is 2.37. The first-order valence-corrected chi connectivity index (χ1v) is 12.3. The Labute approximate surface area is 222 Å². The fourth-order valence-electron chi connectivity index (χ4n) is 4.95. The van der Waals surface area contributed by atoms with Gasteiger partial charge in [-0.15, -0.1) is 0 Å². The molecule has 4 aromatic heterocycles. The van der Waals surface area contributed by atoms with Crippen molar-refractivity contribution in [1.82, 2.24) is 33.9 Å². The van der Waals surface area contributed by atoms with Crippen LogP contribution in [0.3, 0.4) is 0 Å². The molecule has 1 N–H and O–H groups in total. The third-order valence-corrected chi connectivity index (χ3v) is 6.62. The molecule has 0 aliphatic carbocycles. The van der Waals surface area contributed by atoms with Gasteiger partial charge in [0.2, 0.25) is 0 Å². The molecule has 5 rings (SSSR count). The molecule has 206 valence electrons. The lowest BCUT2D eigenvalue weighted by Crippen LogP contribution is -2.40. The van der Waals surface area contributed by atoms with E-state index in [1.165, 1.54) is 16.7 Å². The van der Waals surface area contributed by atoms with E-state index in [1.54, 1.807) is 36.0 Å². The third-order valence-electron chi connectivity index (χ3n) is 6.62. The number of imidazole rings is 1. The van der Waals surface area contributed by atoms with Crippen LogP contribution in [0, 0.1) is 6.92 Å². The van der Waals surface area contributed by atoms with Crippen LogP contribution in [-0.4, -0.2) is 84.9 Å². The number of β-amino-alcohol motifs (C(OH)–C–C–N with tert-alkyl or cyclic N) is 1. The number of aromatic nitrogens is 5. The van der Waals surface area contributed by atoms with Crippen molar-refractivity contribution in [2.45, 2.75) is 25.2 Å². The summed E-state index contributed by atoms with van der Waals surface area (Å²) in [5.41, 5.74) is -0.0337. The minimum Gasteiger partial charge on any atom is -0.390 e.